The number of benzene rings is 1. The van der Waals surface area contributed by atoms with Crippen LogP contribution in [0.25, 0.3) is 11.0 Å². The Balaban J connectivity index is 1.32. The molecule has 5 rings (SSSR count). The van der Waals surface area contributed by atoms with Crippen LogP contribution in [0.2, 0.25) is 5.02 Å². The molecule has 0 aliphatic carbocycles. The van der Waals surface area contributed by atoms with Crippen molar-refractivity contribution < 1.29 is 18.7 Å². The average Bonchev–Trinajstić information content (AvgIpc) is 3.43. The predicted octanol–water partition coefficient (Wildman–Crippen LogP) is 5.89. The van der Waals surface area contributed by atoms with Gasteiger partial charge in [-0.25, -0.2) is 9.78 Å². The van der Waals surface area contributed by atoms with E-state index in [4.69, 9.17) is 21.3 Å². The highest BCUT2D eigenvalue weighted by Gasteiger charge is 2.53. The van der Waals surface area contributed by atoms with Crippen molar-refractivity contribution in [1.82, 2.24) is 24.2 Å². The number of imidazole rings is 1. The molecule has 1 aromatic carbocycles. The number of carbonyl (C=O) groups excluding carboxylic acids is 2. The van der Waals surface area contributed by atoms with E-state index >= 15 is 0 Å². The van der Waals surface area contributed by atoms with Gasteiger partial charge in [0.1, 0.15) is 11.9 Å². The van der Waals surface area contributed by atoms with Crippen molar-refractivity contribution in [1.29, 1.82) is 0 Å². The first-order chi connectivity index (χ1) is 20.4. The molecule has 0 saturated carbocycles. The van der Waals surface area contributed by atoms with Gasteiger partial charge in [-0.2, -0.15) is 0 Å². The molecule has 1 fully saturated rings. The molecule has 1 atom stereocenters. The molecule has 3 aromatic rings. The SMILES string of the molecule is CCCSNCC(C)OC(=O)N1CCC2(CC1)C(=O)N(Cc1nc3cc(Cl)ccc3n1CCCCF)c1cnccc12. The number of anilines is 1. The Bertz CT molecular complexity index is 1410. The van der Waals surface area contributed by atoms with Crippen molar-refractivity contribution in [3.05, 3.63) is 53.1 Å². The predicted molar refractivity (Wildman–Crippen MR) is 165 cm³/mol. The Hall–Kier alpha value is -2.89. The van der Waals surface area contributed by atoms with Gasteiger partial charge < -0.3 is 19.1 Å². The van der Waals surface area contributed by atoms with Gasteiger partial charge >= 0.3 is 6.09 Å². The number of carbonyl (C=O) groups is 2. The van der Waals surface area contributed by atoms with Crippen LogP contribution in [0.3, 0.4) is 0 Å². The standard InChI is InChI=1S/C30H38ClFN6O3S/c1-3-16-42-34-18-21(2)41-29(40)36-14-9-30(10-15-36)23-8-12-33-19-26(23)38(28(30)39)20-27-35-24-17-22(31)6-7-25(24)37(27)13-5-4-11-32/h6-8,12,17,19,21,34H,3-5,9-11,13-16,18,20H2,1-2H3. The van der Waals surface area contributed by atoms with E-state index in [-0.39, 0.29) is 31.3 Å². The van der Waals surface area contributed by atoms with Crippen LogP contribution in [0.5, 0.6) is 0 Å². The molecule has 1 unspecified atom stereocenters. The van der Waals surface area contributed by atoms with E-state index in [2.05, 4.69) is 21.2 Å². The molecule has 1 spiro atoms. The van der Waals surface area contributed by atoms with Crippen molar-refractivity contribution in [2.45, 2.75) is 70.6 Å². The summed E-state index contributed by atoms with van der Waals surface area (Å²) in [6.07, 6.45) is 6.03. The fourth-order valence-corrected chi connectivity index (χ4v) is 6.74. The monoisotopic (exact) mass is 616 g/mol. The van der Waals surface area contributed by atoms with Crippen LogP contribution in [0.1, 0.15) is 57.3 Å². The minimum absolute atomic E-state index is 0.00979. The lowest BCUT2D eigenvalue weighted by Crippen LogP contribution is -2.50. The molecule has 42 heavy (non-hydrogen) atoms. The number of alkyl halides is 1. The van der Waals surface area contributed by atoms with Crippen molar-refractivity contribution in [2.24, 2.45) is 0 Å². The van der Waals surface area contributed by atoms with E-state index < -0.39 is 5.41 Å². The summed E-state index contributed by atoms with van der Waals surface area (Å²) in [6.45, 7) is 5.89. The number of ether oxygens (including phenoxy) is 1. The lowest BCUT2D eigenvalue weighted by Gasteiger charge is -2.38. The molecule has 9 nitrogen and oxygen atoms in total. The third kappa shape index (κ3) is 6.23. The van der Waals surface area contributed by atoms with E-state index in [9.17, 15) is 14.0 Å². The Morgan fingerprint density at radius 1 is 1.26 bits per heavy atom. The zero-order valence-electron chi connectivity index (χ0n) is 24.2. The van der Waals surface area contributed by atoms with Crippen LogP contribution < -0.4 is 9.62 Å². The highest BCUT2D eigenvalue weighted by Crippen LogP contribution is 2.48. The fraction of sp³-hybridized carbons (Fsp3) is 0.533. The Kier molecular flexibility index (Phi) is 9.90. The first kappa shape index (κ1) is 30.6. The summed E-state index contributed by atoms with van der Waals surface area (Å²) in [7, 11) is 0. The van der Waals surface area contributed by atoms with E-state index in [0.717, 1.165) is 34.5 Å². The third-order valence-corrected chi connectivity index (χ3v) is 9.29. The van der Waals surface area contributed by atoms with Crippen LogP contribution in [0, 0.1) is 0 Å². The molecule has 2 aliphatic heterocycles. The minimum atomic E-state index is -0.743. The molecule has 12 heteroatoms. The van der Waals surface area contributed by atoms with Gasteiger partial charge in [0.05, 0.1) is 41.6 Å². The second-order valence-corrected chi connectivity index (χ2v) is 12.4. The molecular formula is C30H38ClFN6O3S. The van der Waals surface area contributed by atoms with E-state index in [1.807, 2.05) is 31.2 Å². The van der Waals surface area contributed by atoms with E-state index in [0.29, 0.717) is 62.7 Å². The number of aryl methyl sites for hydroxylation is 1. The second-order valence-electron chi connectivity index (χ2n) is 11.0. The number of unbranched alkanes of at least 4 members (excludes halogenated alkanes) is 1. The summed E-state index contributed by atoms with van der Waals surface area (Å²) in [5.41, 5.74) is 2.60. The molecule has 0 radical (unpaired) electrons. The number of rotatable bonds is 12. The first-order valence-corrected chi connectivity index (χ1v) is 16.0. The van der Waals surface area contributed by atoms with Gasteiger partial charge in [-0.05, 0) is 68.9 Å². The number of pyridine rings is 1. The highest BCUT2D eigenvalue weighted by molar-refractivity contribution is 7.97. The number of nitrogens with zero attached hydrogens (tertiary/aromatic N) is 5. The summed E-state index contributed by atoms with van der Waals surface area (Å²) < 4.78 is 23.9. The number of fused-ring (bicyclic) bond motifs is 3. The molecule has 0 bridgehead atoms. The molecule has 226 valence electrons. The topological polar surface area (TPSA) is 92.6 Å². The molecule has 2 aliphatic rings. The van der Waals surface area contributed by atoms with Gasteiger partial charge in [-0.1, -0.05) is 30.5 Å². The van der Waals surface area contributed by atoms with Crippen molar-refractivity contribution in [3.63, 3.8) is 0 Å². The fourth-order valence-electron chi connectivity index (χ4n) is 5.87. The second kappa shape index (κ2) is 13.6. The number of aromatic nitrogens is 3. The minimum Gasteiger partial charge on any atom is -0.445 e. The molecule has 2 aromatic heterocycles. The van der Waals surface area contributed by atoms with Crippen LogP contribution in [0.15, 0.2) is 36.7 Å². The van der Waals surface area contributed by atoms with Crippen LogP contribution >= 0.6 is 23.5 Å². The molecule has 1 N–H and O–H groups in total. The summed E-state index contributed by atoms with van der Waals surface area (Å²) in [4.78, 5) is 39.8. The van der Waals surface area contributed by atoms with E-state index in [1.54, 1.807) is 34.1 Å². The van der Waals surface area contributed by atoms with Gasteiger partial charge in [0.25, 0.3) is 0 Å². The van der Waals surface area contributed by atoms with Crippen LogP contribution in [-0.2, 0) is 28.0 Å². The van der Waals surface area contributed by atoms with Crippen LogP contribution in [0.4, 0.5) is 14.9 Å². The smallest absolute Gasteiger partial charge is 0.410 e. The number of hydrogen-bond donors (Lipinski definition) is 1. The van der Waals surface area contributed by atoms with Gasteiger partial charge in [0, 0.05) is 43.2 Å². The number of hydrogen-bond acceptors (Lipinski definition) is 7. The highest BCUT2D eigenvalue weighted by atomic mass is 35.5. The Labute approximate surface area is 255 Å². The van der Waals surface area contributed by atoms with Crippen LogP contribution in [-0.4, -0.2) is 69.6 Å². The first-order valence-electron chi connectivity index (χ1n) is 14.6. The summed E-state index contributed by atoms with van der Waals surface area (Å²) in [6, 6.07) is 7.47. The summed E-state index contributed by atoms with van der Waals surface area (Å²) >= 11 is 7.88. The number of amides is 2. The maximum absolute atomic E-state index is 14.3. The van der Waals surface area contributed by atoms with Crippen molar-refractivity contribution in [2.75, 3.05) is 37.0 Å². The summed E-state index contributed by atoms with van der Waals surface area (Å²) in [5.74, 6) is 1.71. The molecule has 2 amide bonds. The molecular weight excluding hydrogens is 579 g/mol. The Morgan fingerprint density at radius 2 is 2.07 bits per heavy atom. The van der Waals surface area contributed by atoms with Gasteiger partial charge in [0.2, 0.25) is 5.91 Å². The molecule has 1 saturated heterocycles. The lowest BCUT2D eigenvalue weighted by atomic mass is 9.74. The average molecular weight is 617 g/mol. The largest absolute Gasteiger partial charge is 0.445 e. The van der Waals surface area contributed by atoms with E-state index in [1.165, 1.54) is 0 Å². The normalized spacial score (nSPS) is 16.8. The zero-order valence-corrected chi connectivity index (χ0v) is 25.7. The quantitative estimate of drug-likeness (QED) is 0.200. The van der Waals surface area contributed by atoms with Gasteiger partial charge in [0.15, 0.2) is 0 Å². The number of halogens is 2. The van der Waals surface area contributed by atoms with Crippen molar-refractivity contribution in [3.8, 4) is 0 Å². The maximum atomic E-state index is 14.3. The molecule has 4 heterocycles. The number of likely N-dealkylation sites (tertiary alicyclic amines) is 1. The summed E-state index contributed by atoms with van der Waals surface area (Å²) in [5, 5.41) is 0.583. The van der Waals surface area contributed by atoms with Gasteiger partial charge in [-0.15, -0.1) is 0 Å². The van der Waals surface area contributed by atoms with Gasteiger partial charge in [-0.3, -0.25) is 18.9 Å². The third-order valence-electron chi connectivity index (χ3n) is 8.07. The lowest BCUT2D eigenvalue weighted by molar-refractivity contribution is -0.125. The van der Waals surface area contributed by atoms with Crippen molar-refractivity contribution >= 4 is 52.3 Å². The zero-order chi connectivity index (χ0) is 29.7. The Morgan fingerprint density at radius 3 is 2.83 bits per heavy atom. The number of piperidine rings is 1. The maximum Gasteiger partial charge on any atom is 0.410 e. The number of nitrogens with one attached hydrogen (secondary N) is 1.